The Kier molecular flexibility index (Phi) is 3.97. The number of rotatable bonds is 4. The Morgan fingerprint density at radius 3 is 2.61 bits per heavy atom. The molecule has 4 nitrogen and oxygen atoms in total. The van der Waals surface area contributed by atoms with E-state index in [9.17, 15) is 9.59 Å². The van der Waals surface area contributed by atoms with Crippen molar-refractivity contribution in [2.24, 2.45) is 0 Å². The number of hydrogen-bond acceptors (Lipinski definition) is 2. The van der Waals surface area contributed by atoms with Gasteiger partial charge >= 0.3 is 0 Å². The molecular weight excluding hydrogens is 228 g/mol. The number of amides is 2. The minimum atomic E-state index is -0.0149. The van der Waals surface area contributed by atoms with E-state index in [0.29, 0.717) is 19.5 Å². The second-order valence-electron chi connectivity index (χ2n) is 4.39. The summed E-state index contributed by atoms with van der Waals surface area (Å²) < 4.78 is 0. The number of carbonyl (C=O) groups is 2. The van der Waals surface area contributed by atoms with Gasteiger partial charge < -0.3 is 9.80 Å². The Morgan fingerprint density at radius 1 is 1.33 bits per heavy atom. The summed E-state index contributed by atoms with van der Waals surface area (Å²) in [5.74, 6) is 0.0754. The summed E-state index contributed by atoms with van der Waals surface area (Å²) in [5, 5.41) is 0. The zero-order valence-electron chi connectivity index (χ0n) is 10.6. The number of hydrogen-bond donors (Lipinski definition) is 0. The molecule has 0 unspecified atom stereocenters. The third kappa shape index (κ3) is 2.70. The summed E-state index contributed by atoms with van der Waals surface area (Å²) in [5.41, 5.74) is 0.886. The smallest absolute Gasteiger partial charge is 0.246 e. The maximum atomic E-state index is 12.2. The number of para-hydroxylation sites is 1. The molecule has 1 heterocycles. The lowest BCUT2D eigenvalue weighted by Gasteiger charge is -2.24. The van der Waals surface area contributed by atoms with Crippen LogP contribution in [-0.4, -0.2) is 36.3 Å². The van der Waals surface area contributed by atoms with Gasteiger partial charge in [-0.25, -0.2) is 0 Å². The van der Waals surface area contributed by atoms with Gasteiger partial charge in [0.2, 0.25) is 11.8 Å². The number of nitrogens with zero attached hydrogens (tertiary/aromatic N) is 2. The fourth-order valence-corrected chi connectivity index (χ4v) is 2.23. The third-order valence-electron chi connectivity index (χ3n) is 3.18. The zero-order chi connectivity index (χ0) is 13.0. The normalized spacial score (nSPS) is 14.9. The lowest BCUT2D eigenvalue weighted by molar-refractivity contribution is -0.132. The van der Waals surface area contributed by atoms with Crippen molar-refractivity contribution in [3.63, 3.8) is 0 Å². The van der Waals surface area contributed by atoms with Crippen LogP contribution in [-0.2, 0) is 9.59 Å². The van der Waals surface area contributed by atoms with Crippen LogP contribution in [0.1, 0.15) is 19.8 Å². The molecule has 0 atom stereocenters. The lowest BCUT2D eigenvalue weighted by Crippen LogP contribution is -2.40. The Bertz CT molecular complexity index is 431. The number of likely N-dealkylation sites (tertiary alicyclic amines) is 1. The molecule has 1 saturated heterocycles. The number of likely N-dealkylation sites (N-methyl/N-ethyl adjacent to an activating group) is 1. The molecule has 0 saturated carbocycles. The van der Waals surface area contributed by atoms with E-state index >= 15 is 0 Å². The van der Waals surface area contributed by atoms with E-state index in [4.69, 9.17) is 0 Å². The second-order valence-corrected chi connectivity index (χ2v) is 4.39. The standard InChI is InChI=1S/C14H18N2O2/c1-2-16(12-7-4-3-5-8-12)14(18)11-15-10-6-9-13(15)17/h3-5,7-8H,2,6,9-11H2,1H3. The molecule has 0 aromatic heterocycles. The highest BCUT2D eigenvalue weighted by Crippen LogP contribution is 2.15. The van der Waals surface area contributed by atoms with Gasteiger partial charge in [0.05, 0.1) is 0 Å². The van der Waals surface area contributed by atoms with Crippen LogP contribution in [0.25, 0.3) is 0 Å². The average molecular weight is 246 g/mol. The molecule has 1 aromatic carbocycles. The van der Waals surface area contributed by atoms with Gasteiger partial charge in [0, 0.05) is 25.2 Å². The van der Waals surface area contributed by atoms with Crippen molar-refractivity contribution in [1.29, 1.82) is 0 Å². The van der Waals surface area contributed by atoms with Crippen molar-refractivity contribution in [1.82, 2.24) is 4.90 Å². The molecule has 2 rings (SSSR count). The maximum absolute atomic E-state index is 12.2. The molecule has 1 fully saturated rings. The molecule has 1 aromatic rings. The lowest BCUT2D eigenvalue weighted by atomic mass is 10.3. The molecule has 4 heteroatoms. The van der Waals surface area contributed by atoms with Gasteiger partial charge in [-0.05, 0) is 25.5 Å². The predicted molar refractivity (Wildman–Crippen MR) is 70.3 cm³/mol. The molecule has 1 aliphatic rings. The van der Waals surface area contributed by atoms with Crippen LogP contribution in [0.15, 0.2) is 30.3 Å². The Labute approximate surface area is 107 Å². The van der Waals surface area contributed by atoms with Gasteiger partial charge in [-0.2, -0.15) is 0 Å². The molecule has 2 amide bonds. The van der Waals surface area contributed by atoms with Crippen molar-refractivity contribution < 1.29 is 9.59 Å². The summed E-state index contributed by atoms with van der Waals surface area (Å²) in [4.78, 5) is 27.1. The molecule has 18 heavy (non-hydrogen) atoms. The van der Waals surface area contributed by atoms with Crippen LogP contribution in [0.5, 0.6) is 0 Å². The Morgan fingerprint density at radius 2 is 2.06 bits per heavy atom. The van der Waals surface area contributed by atoms with Crippen molar-refractivity contribution >= 4 is 17.5 Å². The third-order valence-corrected chi connectivity index (χ3v) is 3.18. The van der Waals surface area contributed by atoms with Crippen molar-refractivity contribution in [2.75, 3.05) is 24.5 Å². The first kappa shape index (κ1) is 12.6. The predicted octanol–water partition coefficient (Wildman–Crippen LogP) is 1.66. The highest BCUT2D eigenvalue weighted by Gasteiger charge is 2.24. The summed E-state index contributed by atoms with van der Waals surface area (Å²) >= 11 is 0. The largest absolute Gasteiger partial charge is 0.333 e. The molecule has 0 aliphatic carbocycles. The zero-order valence-corrected chi connectivity index (χ0v) is 10.6. The summed E-state index contributed by atoms with van der Waals surface area (Å²) in [6, 6.07) is 9.56. The second kappa shape index (κ2) is 5.67. The first-order valence-corrected chi connectivity index (χ1v) is 6.35. The summed E-state index contributed by atoms with van der Waals surface area (Å²) in [6.07, 6.45) is 1.44. The Balaban J connectivity index is 2.04. The summed E-state index contributed by atoms with van der Waals surface area (Å²) in [7, 11) is 0. The summed E-state index contributed by atoms with van der Waals surface area (Å²) in [6.45, 7) is 3.46. The highest BCUT2D eigenvalue weighted by molar-refractivity contribution is 5.96. The molecule has 1 aliphatic heterocycles. The van der Waals surface area contributed by atoms with E-state index in [1.54, 1.807) is 9.80 Å². The van der Waals surface area contributed by atoms with E-state index < -0.39 is 0 Å². The molecule has 0 radical (unpaired) electrons. The first-order chi connectivity index (χ1) is 8.72. The van der Waals surface area contributed by atoms with Crippen LogP contribution in [0.4, 0.5) is 5.69 Å². The molecule has 0 spiro atoms. The van der Waals surface area contributed by atoms with Gasteiger partial charge in [-0.15, -0.1) is 0 Å². The average Bonchev–Trinajstić information content (AvgIpc) is 2.77. The number of anilines is 1. The van der Waals surface area contributed by atoms with E-state index in [2.05, 4.69) is 0 Å². The molecule has 96 valence electrons. The molecule has 0 bridgehead atoms. The minimum Gasteiger partial charge on any atom is -0.333 e. The fourth-order valence-electron chi connectivity index (χ4n) is 2.23. The highest BCUT2D eigenvalue weighted by atomic mass is 16.2. The maximum Gasteiger partial charge on any atom is 0.246 e. The van der Waals surface area contributed by atoms with Gasteiger partial charge in [0.15, 0.2) is 0 Å². The van der Waals surface area contributed by atoms with E-state index in [1.807, 2.05) is 37.3 Å². The first-order valence-electron chi connectivity index (χ1n) is 6.35. The van der Waals surface area contributed by atoms with Crippen molar-refractivity contribution in [3.8, 4) is 0 Å². The minimum absolute atomic E-state index is 0.0149. The Hall–Kier alpha value is -1.84. The number of benzene rings is 1. The fraction of sp³-hybridized carbons (Fsp3) is 0.429. The number of carbonyl (C=O) groups excluding carboxylic acids is 2. The monoisotopic (exact) mass is 246 g/mol. The van der Waals surface area contributed by atoms with Gasteiger partial charge in [-0.1, -0.05) is 18.2 Å². The van der Waals surface area contributed by atoms with Gasteiger partial charge in [-0.3, -0.25) is 9.59 Å². The van der Waals surface area contributed by atoms with E-state index in [1.165, 1.54) is 0 Å². The van der Waals surface area contributed by atoms with Crippen molar-refractivity contribution in [2.45, 2.75) is 19.8 Å². The van der Waals surface area contributed by atoms with Gasteiger partial charge in [0.1, 0.15) is 6.54 Å². The molecule has 0 N–H and O–H groups in total. The van der Waals surface area contributed by atoms with Crippen LogP contribution in [0.2, 0.25) is 0 Å². The van der Waals surface area contributed by atoms with Crippen LogP contribution >= 0.6 is 0 Å². The van der Waals surface area contributed by atoms with Crippen molar-refractivity contribution in [3.05, 3.63) is 30.3 Å². The van der Waals surface area contributed by atoms with Crippen LogP contribution < -0.4 is 4.90 Å². The quantitative estimate of drug-likeness (QED) is 0.810. The van der Waals surface area contributed by atoms with E-state index in [-0.39, 0.29) is 18.4 Å². The molecular formula is C14H18N2O2. The topological polar surface area (TPSA) is 40.6 Å². The van der Waals surface area contributed by atoms with Crippen LogP contribution in [0.3, 0.4) is 0 Å². The van der Waals surface area contributed by atoms with Gasteiger partial charge in [0.25, 0.3) is 0 Å². The van der Waals surface area contributed by atoms with Crippen LogP contribution in [0, 0.1) is 0 Å². The SMILES string of the molecule is CCN(C(=O)CN1CCCC1=O)c1ccccc1. The van der Waals surface area contributed by atoms with E-state index in [0.717, 1.165) is 12.1 Å².